The van der Waals surface area contributed by atoms with Gasteiger partial charge in [0.15, 0.2) is 17.3 Å². The Bertz CT molecular complexity index is 1060. The fourth-order valence-corrected chi connectivity index (χ4v) is 4.88. The summed E-state index contributed by atoms with van der Waals surface area (Å²) in [6.07, 6.45) is 1.90. The minimum absolute atomic E-state index is 0.0497. The van der Waals surface area contributed by atoms with Gasteiger partial charge in [0.2, 0.25) is 5.91 Å². The molecule has 1 aliphatic heterocycles. The zero-order chi connectivity index (χ0) is 21.4. The number of anilines is 1. The predicted octanol–water partition coefficient (Wildman–Crippen LogP) is 5.54. The third-order valence-electron chi connectivity index (χ3n) is 5.63. The smallest absolute Gasteiger partial charge is 0.232 e. The normalized spacial score (nSPS) is 19.1. The van der Waals surface area contributed by atoms with Gasteiger partial charge in [-0.05, 0) is 37.1 Å². The number of benzene rings is 2. The first kappa shape index (κ1) is 20.8. The molecule has 0 spiro atoms. The summed E-state index contributed by atoms with van der Waals surface area (Å²) in [6.45, 7) is 0. The average Bonchev–Trinajstić information content (AvgIpc) is 2.73. The van der Waals surface area contributed by atoms with Gasteiger partial charge in [-0.25, -0.2) is 0 Å². The fourth-order valence-electron chi connectivity index (χ4n) is 4.39. The van der Waals surface area contributed by atoms with E-state index in [1.807, 2.05) is 12.1 Å². The molecule has 4 rings (SSSR count). The molecule has 1 atom stereocenters. The highest BCUT2D eigenvalue weighted by Gasteiger charge is 2.41. The molecule has 5 nitrogen and oxygen atoms in total. The second-order valence-electron chi connectivity index (χ2n) is 7.30. The number of ketones is 1. The van der Waals surface area contributed by atoms with Crippen LogP contribution in [0.5, 0.6) is 11.5 Å². The van der Waals surface area contributed by atoms with Crippen molar-refractivity contribution in [3.63, 3.8) is 0 Å². The molecule has 0 radical (unpaired) electrons. The zero-order valence-electron chi connectivity index (χ0n) is 16.7. The van der Waals surface area contributed by atoms with Crippen LogP contribution >= 0.6 is 23.2 Å². The molecule has 0 saturated heterocycles. The van der Waals surface area contributed by atoms with Gasteiger partial charge in [-0.2, -0.15) is 0 Å². The molecule has 7 heteroatoms. The van der Waals surface area contributed by atoms with E-state index in [4.69, 9.17) is 32.7 Å². The summed E-state index contributed by atoms with van der Waals surface area (Å²) in [7, 11) is 3.12. The molecule has 0 bridgehead atoms. The van der Waals surface area contributed by atoms with Crippen molar-refractivity contribution in [2.75, 3.05) is 19.1 Å². The van der Waals surface area contributed by atoms with E-state index in [9.17, 15) is 9.59 Å². The van der Waals surface area contributed by atoms with Gasteiger partial charge in [0.05, 0.1) is 24.9 Å². The molecular formula is C23H21Cl2NO4. The van der Waals surface area contributed by atoms with Gasteiger partial charge >= 0.3 is 0 Å². The maximum atomic E-state index is 13.3. The molecule has 1 aliphatic carbocycles. The van der Waals surface area contributed by atoms with Crippen LogP contribution in [-0.2, 0) is 9.59 Å². The molecule has 2 aromatic carbocycles. The molecule has 1 unspecified atom stereocenters. The number of hydrogen-bond acceptors (Lipinski definition) is 4. The average molecular weight is 446 g/mol. The van der Waals surface area contributed by atoms with E-state index in [-0.39, 0.29) is 18.1 Å². The molecule has 2 aliphatic rings. The Labute approximate surface area is 185 Å². The molecule has 1 heterocycles. The number of halogens is 2. The Morgan fingerprint density at radius 2 is 1.83 bits per heavy atom. The minimum Gasteiger partial charge on any atom is -0.493 e. The van der Waals surface area contributed by atoms with Crippen molar-refractivity contribution in [2.24, 2.45) is 0 Å². The standard InChI is InChI=1S/C23H21Cl2NO4/c1-29-20-8-3-5-14(23(20)30-2)15-12-21(28)26(17-10-9-13(24)11-16(17)25)18-6-4-7-19(27)22(15)18/h3,5,8-11,15H,4,6-7,12H2,1-2H3. The topological polar surface area (TPSA) is 55.8 Å². The Morgan fingerprint density at radius 1 is 1.03 bits per heavy atom. The van der Waals surface area contributed by atoms with Crippen molar-refractivity contribution in [3.05, 3.63) is 63.3 Å². The molecule has 156 valence electrons. The summed E-state index contributed by atoms with van der Waals surface area (Å²) in [5, 5.41) is 0.860. The Kier molecular flexibility index (Phi) is 5.76. The van der Waals surface area contributed by atoms with Gasteiger partial charge in [-0.15, -0.1) is 0 Å². The summed E-state index contributed by atoms with van der Waals surface area (Å²) in [5.74, 6) is 0.640. The Balaban J connectivity index is 1.91. The molecule has 30 heavy (non-hydrogen) atoms. The van der Waals surface area contributed by atoms with Crippen LogP contribution in [0.25, 0.3) is 0 Å². The lowest BCUT2D eigenvalue weighted by Gasteiger charge is -2.39. The highest BCUT2D eigenvalue weighted by molar-refractivity contribution is 6.37. The number of carbonyl (C=O) groups is 2. The zero-order valence-corrected chi connectivity index (χ0v) is 18.2. The molecule has 2 aromatic rings. The number of amides is 1. The highest BCUT2D eigenvalue weighted by atomic mass is 35.5. The summed E-state index contributed by atoms with van der Waals surface area (Å²) >= 11 is 12.5. The highest BCUT2D eigenvalue weighted by Crippen LogP contribution is 2.48. The Morgan fingerprint density at radius 3 is 2.53 bits per heavy atom. The van der Waals surface area contributed by atoms with Gasteiger partial charge < -0.3 is 9.47 Å². The molecule has 0 saturated carbocycles. The number of Topliss-reactive ketones (excluding diaryl/α,β-unsaturated/α-hetero) is 1. The molecule has 1 amide bonds. The summed E-state index contributed by atoms with van der Waals surface area (Å²) < 4.78 is 11.0. The van der Waals surface area contributed by atoms with E-state index >= 15 is 0 Å². The van der Waals surface area contributed by atoms with E-state index < -0.39 is 5.92 Å². The lowest BCUT2D eigenvalue weighted by Crippen LogP contribution is -2.40. The van der Waals surface area contributed by atoms with Crippen molar-refractivity contribution in [2.45, 2.75) is 31.6 Å². The maximum Gasteiger partial charge on any atom is 0.232 e. The number of ether oxygens (including phenoxy) is 2. The van der Waals surface area contributed by atoms with Crippen molar-refractivity contribution < 1.29 is 19.1 Å². The van der Waals surface area contributed by atoms with Crippen molar-refractivity contribution in [3.8, 4) is 11.5 Å². The first-order valence-corrected chi connectivity index (χ1v) is 10.5. The van der Waals surface area contributed by atoms with Crippen LogP contribution in [0.15, 0.2) is 47.7 Å². The van der Waals surface area contributed by atoms with E-state index in [2.05, 4.69) is 0 Å². The number of hydrogen-bond donors (Lipinski definition) is 0. The van der Waals surface area contributed by atoms with Gasteiger partial charge in [0.25, 0.3) is 0 Å². The summed E-state index contributed by atoms with van der Waals surface area (Å²) in [4.78, 5) is 28.0. The van der Waals surface area contributed by atoms with Gasteiger partial charge in [0, 0.05) is 40.6 Å². The summed E-state index contributed by atoms with van der Waals surface area (Å²) in [6, 6.07) is 10.5. The van der Waals surface area contributed by atoms with Crippen molar-refractivity contribution in [1.29, 1.82) is 0 Å². The maximum absolute atomic E-state index is 13.3. The lowest BCUT2D eigenvalue weighted by atomic mass is 9.76. The van der Waals surface area contributed by atoms with Crippen LogP contribution in [0.4, 0.5) is 5.69 Å². The van der Waals surface area contributed by atoms with Crippen LogP contribution in [-0.4, -0.2) is 25.9 Å². The third kappa shape index (κ3) is 3.46. The van der Waals surface area contributed by atoms with E-state index in [1.54, 1.807) is 43.4 Å². The van der Waals surface area contributed by atoms with E-state index in [0.717, 1.165) is 5.56 Å². The number of rotatable bonds is 4. The van der Waals surface area contributed by atoms with Crippen LogP contribution in [0, 0.1) is 0 Å². The molecule has 0 fully saturated rings. The molecule has 0 N–H and O–H groups in total. The van der Waals surface area contributed by atoms with Crippen LogP contribution in [0.1, 0.15) is 37.2 Å². The Hall–Kier alpha value is -2.50. The third-order valence-corrected chi connectivity index (χ3v) is 6.17. The second-order valence-corrected chi connectivity index (χ2v) is 8.15. The predicted molar refractivity (Wildman–Crippen MR) is 117 cm³/mol. The quantitative estimate of drug-likeness (QED) is 0.619. The first-order valence-electron chi connectivity index (χ1n) is 9.71. The monoisotopic (exact) mass is 445 g/mol. The first-order chi connectivity index (χ1) is 14.5. The molecular weight excluding hydrogens is 425 g/mol. The summed E-state index contributed by atoms with van der Waals surface area (Å²) in [5.41, 5.74) is 2.68. The largest absolute Gasteiger partial charge is 0.493 e. The fraction of sp³-hybridized carbons (Fsp3) is 0.304. The van der Waals surface area contributed by atoms with Crippen LogP contribution < -0.4 is 14.4 Å². The number of para-hydroxylation sites is 1. The van der Waals surface area contributed by atoms with Crippen LogP contribution in [0.2, 0.25) is 10.0 Å². The number of nitrogens with zero attached hydrogens (tertiary/aromatic N) is 1. The number of methoxy groups -OCH3 is 2. The van der Waals surface area contributed by atoms with Gasteiger partial charge in [-0.3, -0.25) is 14.5 Å². The number of carbonyl (C=O) groups excluding carboxylic acids is 2. The van der Waals surface area contributed by atoms with E-state index in [1.165, 1.54) is 0 Å². The lowest BCUT2D eigenvalue weighted by molar-refractivity contribution is -0.119. The second kappa shape index (κ2) is 8.32. The van der Waals surface area contributed by atoms with Crippen LogP contribution in [0.3, 0.4) is 0 Å². The van der Waals surface area contributed by atoms with Gasteiger partial charge in [-0.1, -0.05) is 35.3 Å². The SMILES string of the molecule is COc1cccc(C2CC(=O)N(c3ccc(Cl)cc3Cl)C3=C2C(=O)CCC3)c1OC. The number of allylic oxidation sites excluding steroid dienone is 2. The minimum atomic E-state index is -0.396. The molecule has 0 aromatic heterocycles. The van der Waals surface area contributed by atoms with E-state index in [0.29, 0.717) is 57.8 Å². The van der Waals surface area contributed by atoms with Crippen molar-refractivity contribution in [1.82, 2.24) is 0 Å². The van der Waals surface area contributed by atoms with Gasteiger partial charge in [0.1, 0.15) is 0 Å². The van der Waals surface area contributed by atoms with Crippen molar-refractivity contribution >= 4 is 40.6 Å².